The third kappa shape index (κ3) is 14.3. The first-order chi connectivity index (χ1) is 17.2. The molecule has 2 aliphatic rings. The Morgan fingerprint density at radius 3 is 2.33 bits per heavy atom. The van der Waals surface area contributed by atoms with E-state index in [1.165, 1.54) is 0 Å². The van der Waals surface area contributed by atoms with E-state index in [0.717, 1.165) is 37.8 Å². The number of nitrogens with one attached hydrogen (secondary N) is 3. The van der Waals surface area contributed by atoms with E-state index in [-0.39, 0.29) is 12.1 Å². The minimum Gasteiger partial charge on any atom is -0.444 e. The van der Waals surface area contributed by atoms with Gasteiger partial charge in [-0.05, 0) is 39.2 Å². The Kier molecular flexibility index (Phi) is 17.4. The summed E-state index contributed by atoms with van der Waals surface area (Å²) >= 11 is 0. The van der Waals surface area contributed by atoms with Gasteiger partial charge >= 0.3 is 12.1 Å². The molecule has 2 saturated heterocycles. The van der Waals surface area contributed by atoms with E-state index in [1.807, 2.05) is 49.1 Å². The number of piperidine rings is 1. The maximum absolute atomic E-state index is 11.9. The second kappa shape index (κ2) is 19.1. The third-order valence-corrected chi connectivity index (χ3v) is 4.53. The first-order valence-corrected chi connectivity index (χ1v) is 12.2. The largest absolute Gasteiger partial charge is 0.444 e. The molecule has 1 unspecified atom stereocenters. The number of carbonyl (C=O) groups is 4. The van der Waals surface area contributed by atoms with E-state index in [4.69, 9.17) is 9.57 Å². The van der Waals surface area contributed by atoms with Crippen molar-refractivity contribution in [3.05, 3.63) is 35.9 Å². The third-order valence-electron chi connectivity index (χ3n) is 4.53. The summed E-state index contributed by atoms with van der Waals surface area (Å²) in [7, 11) is 1.62. The number of hydrogen-bond donors (Lipinski definition) is 3. The van der Waals surface area contributed by atoms with Gasteiger partial charge in [0.2, 0.25) is 6.41 Å². The van der Waals surface area contributed by atoms with Crippen molar-refractivity contribution < 1.29 is 28.8 Å². The minimum absolute atomic E-state index is 0.0310. The molecule has 11 nitrogen and oxygen atoms in total. The summed E-state index contributed by atoms with van der Waals surface area (Å²) in [5.41, 5.74) is 5.19. The second-order valence-electron chi connectivity index (χ2n) is 8.51. The highest BCUT2D eigenvalue weighted by Gasteiger charge is 2.40. The van der Waals surface area contributed by atoms with Crippen LogP contribution in [0.2, 0.25) is 0 Å². The topological polar surface area (TPSA) is 129 Å². The molecule has 3 N–H and O–H groups in total. The fraction of sp³-hybridized carbons (Fsp3) is 0.600. The van der Waals surface area contributed by atoms with Crippen molar-refractivity contribution in [3.63, 3.8) is 0 Å². The SMILES string of the molecule is CC.CC(C)(C)OC(=O)NCCC=O.CNNC=O.O=C1N2CCCC(C2)N1OCc1ccccc1. The molecular formula is C25H43N5O6. The molecule has 1 aromatic rings. The quantitative estimate of drug-likeness (QED) is 0.279. The minimum atomic E-state index is -0.482. The van der Waals surface area contributed by atoms with Gasteiger partial charge in [-0.2, -0.15) is 5.06 Å². The van der Waals surface area contributed by atoms with Crippen LogP contribution in [0.5, 0.6) is 0 Å². The number of aldehydes is 1. The summed E-state index contributed by atoms with van der Waals surface area (Å²) in [5, 5.41) is 4.02. The molecule has 0 spiro atoms. The number of hydrazine groups is 1. The van der Waals surface area contributed by atoms with Gasteiger partial charge in [0.25, 0.3) is 0 Å². The number of carbonyl (C=O) groups excluding carboxylic acids is 4. The summed E-state index contributed by atoms with van der Waals surface area (Å²) < 4.78 is 4.92. The van der Waals surface area contributed by atoms with Crippen LogP contribution in [0.3, 0.4) is 0 Å². The lowest BCUT2D eigenvalue weighted by Crippen LogP contribution is -2.33. The highest BCUT2D eigenvalue weighted by Crippen LogP contribution is 2.26. The molecule has 11 heteroatoms. The van der Waals surface area contributed by atoms with Gasteiger partial charge in [0.05, 0.1) is 6.04 Å². The van der Waals surface area contributed by atoms with Gasteiger partial charge in [0.15, 0.2) is 0 Å². The molecule has 4 amide bonds. The lowest BCUT2D eigenvalue weighted by atomic mass is 10.1. The monoisotopic (exact) mass is 509 g/mol. The maximum Gasteiger partial charge on any atom is 0.407 e. The number of hydroxylamine groups is 2. The summed E-state index contributed by atoms with van der Waals surface area (Å²) in [6.45, 7) is 11.9. The number of ether oxygens (including phenoxy) is 1. The first-order valence-electron chi connectivity index (χ1n) is 12.2. The highest BCUT2D eigenvalue weighted by atomic mass is 16.7. The Hall–Kier alpha value is -3.18. The van der Waals surface area contributed by atoms with Crippen LogP contribution >= 0.6 is 0 Å². The van der Waals surface area contributed by atoms with Crippen LogP contribution in [-0.2, 0) is 25.8 Å². The number of alkyl carbamates (subject to hydrolysis) is 1. The van der Waals surface area contributed by atoms with Gasteiger partial charge in [-0.3, -0.25) is 15.1 Å². The molecule has 1 atom stereocenters. The molecule has 2 bridgehead atoms. The second-order valence-corrected chi connectivity index (χ2v) is 8.51. The van der Waals surface area contributed by atoms with E-state index in [1.54, 1.807) is 32.9 Å². The zero-order chi connectivity index (χ0) is 27.4. The van der Waals surface area contributed by atoms with Crippen molar-refractivity contribution in [3.8, 4) is 0 Å². The van der Waals surface area contributed by atoms with Crippen molar-refractivity contribution in [2.24, 2.45) is 0 Å². The predicted octanol–water partition coefficient (Wildman–Crippen LogP) is 3.01. The van der Waals surface area contributed by atoms with Crippen molar-refractivity contribution in [2.75, 3.05) is 26.7 Å². The van der Waals surface area contributed by atoms with Crippen molar-refractivity contribution in [1.29, 1.82) is 0 Å². The molecule has 1 aromatic carbocycles. The van der Waals surface area contributed by atoms with E-state index in [0.29, 0.717) is 26.0 Å². The van der Waals surface area contributed by atoms with Gasteiger partial charge < -0.3 is 19.7 Å². The zero-order valence-corrected chi connectivity index (χ0v) is 22.4. The predicted molar refractivity (Wildman–Crippen MR) is 138 cm³/mol. The molecule has 0 saturated carbocycles. The molecule has 3 rings (SSSR count). The van der Waals surface area contributed by atoms with Crippen LogP contribution in [-0.4, -0.2) is 73.1 Å². The fourth-order valence-corrected chi connectivity index (χ4v) is 3.10. The maximum atomic E-state index is 11.9. The Bertz CT molecular complexity index is 757. The molecule has 36 heavy (non-hydrogen) atoms. The number of amides is 4. The summed E-state index contributed by atoms with van der Waals surface area (Å²) in [6, 6.07) is 10.2. The smallest absolute Gasteiger partial charge is 0.407 e. The molecule has 204 valence electrons. The van der Waals surface area contributed by atoms with E-state index in [2.05, 4.69) is 16.2 Å². The van der Waals surface area contributed by atoms with Gasteiger partial charge in [-0.15, -0.1) is 0 Å². The Morgan fingerprint density at radius 1 is 1.17 bits per heavy atom. The average molecular weight is 510 g/mol. The van der Waals surface area contributed by atoms with Crippen LogP contribution in [0.4, 0.5) is 9.59 Å². The van der Waals surface area contributed by atoms with Gasteiger partial charge in [0.1, 0.15) is 18.5 Å². The highest BCUT2D eigenvalue weighted by molar-refractivity contribution is 5.76. The van der Waals surface area contributed by atoms with E-state index in [9.17, 15) is 19.2 Å². The van der Waals surface area contributed by atoms with Crippen molar-refractivity contribution in [1.82, 2.24) is 26.1 Å². The van der Waals surface area contributed by atoms with Gasteiger partial charge in [0, 0.05) is 33.1 Å². The van der Waals surface area contributed by atoms with Crippen LogP contribution in [0.25, 0.3) is 0 Å². The Balaban J connectivity index is 0.000000566. The molecule has 2 heterocycles. The van der Waals surface area contributed by atoms with Crippen LogP contribution < -0.4 is 16.2 Å². The number of benzene rings is 1. The lowest BCUT2D eigenvalue weighted by Gasteiger charge is -2.22. The Labute approximate surface area is 214 Å². The number of hydrogen-bond acceptors (Lipinski definition) is 7. The average Bonchev–Trinajstić information content (AvgIpc) is 3.07. The summed E-state index contributed by atoms with van der Waals surface area (Å²) in [5.74, 6) is 0. The van der Waals surface area contributed by atoms with Crippen LogP contribution in [0.15, 0.2) is 30.3 Å². The van der Waals surface area contributed by atoms with Crippen molar-refractivity contribution >= 4 is 24.8 Å². The Morgan fingerprint density at radius 2 is 1.83 bits per heavy atom. The normalized spacial score (nSPS) is 15.6. The van der Waals surface area contributed by atoms with E-state index >= 15 is 0 Å². The summed E-state index contributed by atoms with van der Waals surface area (Å²) in [6.07, 6.45) is 3.29. The molecule has 2 fully saturated rings. The lowest BCUT2D eigenvalue weighted by molar-refractivity contribution is -0.140. The zero-order valence-electron chi connectivity index (χ0n) is 22.4. The van der Waals surface area contributed by atoms with Crippen LogP contribution in [0.1, 0.15) is 59.4 Å². The molecule has 0 aliphatic carbocycles. The van der Waals surface area contributed by atoms with Crippen molar-refractivity contribution in [2.45, 2.75) is 72.1 Å². The molecule has 0 aromatic heterocycles. The number of urea groups is 1. The molecule has 2 aliphatic heterocycles. The number of nitrogens with zero attached hydrogens (tertiary/aromatic N) is 2. The number of fused-ring (bicyclic) bond motifs is 2. The fourth-order valence-electron chi connectivity index (χ4n) is 3.10. The van der Waals surface area contributed by atoms with Crippen LogP contribution in [0, 0.1) is 0 Å². The molecular weight excluding hydrogens is 466 g/mol. The first kappa shape index (κ1) is 32.8. The molecule has 0 radical (unpaired) electrons. The van der Waals surface area contributed by atoms with Gasteiger partial charge in [-0.25, -0.2) is 15.0 Å². The summed E-state index contributed by atoms with van der Waals surface area (Å²) in [4.78, 5) is 49.5. The number of rotatable bonds is 8. The van der Waals surface area contributed by atoms with Gasteiger partial charge in [-0.1, -0.05) is 44.2 Å². The standard InChI is InChI=1S/C13H16N2O2.C8H15NO3.C2H6N2O.C2H6/c16-13-14-8-4-7-12(9-14)15(13)17-10-11-5-2-1-3-6-11;1-8(2,3)12-7(11)9-5-4-6-10;1-3-4-2-5;1-2/h1-3,5-6,12H,4,7-10H2;6H,4-5H2,1-3H3,(H,9,11);2-3H,1H3,(H,4,5);1-2H3. The van der Waals surface area contributed by atoms with E-state index < -0.39 is 11.7 Å².